The standard InChI is InChI=1S/C21H22N2O3S/c1-4-26-19(24)11-12-23-17-7-5-6-8-18(17)27-21(23)22-20(25)16-13-14(2)9-10-15(16)3/h5-10,13H,4,11-12H2,1-3H3. The van der Waals surface area contributed by atoms with Gasteiger partial charge in [-0.2, -0.15) is 4.99 Å². The summed E-state index contributed by atoms with van der Waals surface area (Å²) in [5.74, 6) is -0.528. The second kappa shape index (κ2) is 8.31. The minimum Gasteiger partial charge on any atom is -0.466 e. The highest BCUT2D eigenvalue weighted by atomic mass is 32.1. The van der Waals surface area contributed by atoms with Crippen molar-refractivity contribution in [2.45, 2.75) is 33.7 Å². The topological polar surface area (TPSA) is 60.7 Å². The zero-order valence-electron chi connectivity index (χ0n) is 15.7. The van der Waals surface area contributed by atoms with Gasteiger partial charge in [0.05, 0.1) is 23.2 Å². The van der Waals surface area contributed by atoms with Crippen LogP contribution in [0.25, 0.3) is 10.2 Å². The van der Waals surface area contributed by atoms with Gasteiger partial charge in [-0.1, -0.05) is 41.2 Å². The predicted octanol–water partition coefficient (Wildman–Crippen LogP) is 4.01. The van der Waals surface area contributed by atoms with Gasteiger partial charge in [0.1, 0.15) is 0 Å². The van der Waals surface area contributed by atoms with Crippen LogP contribution >= 0.6 is 11.3 Å². The van der Waals surface area contributed by atoms with Crippen molar-refractivity contribution in [3.63, 3.8) is 0 Å². The number of ether oxygens (including phenoxy) is 1. The molecule has 0 fully saturated rings. The number of thiazole rings is 1. The van der Waals surface area contributed by atoms with Gasteiger partial charge >= 0.3 is 5.97 Å². The van der Waals surface area contributed by atoms with Crippen LogP contribution in [0.3, 0.4) is 0 Å². The van der Waals surface area contributed by atoms with E-state index >= 15 is 0 Å². The summed E-state index contributed by atoms with van der Waals surface area (Å²) in [5.41, 5.74) is 3.47. The summed E-state index contributed by atoms with van der Waals surface area (Å²) in [6.45, 7) is 6.42. The summed E-state index contributed by atoms with van der Waals surface area (Å²) < 4.78 is 7.96. The smallest absolute Gasteiger partial charge is 0.307 e. The summed E-state index contributed by atoms with van der Waals surface area (Å²) >= 11 is 1.45. The number of aryl methyl sites for hydroxylation is 3. The lowest BCUT2D eigenvalue weighted by Gasteiger charge is -2.06. The van der Waals surface area contributed by atoms with E-state index in [2.05, 4.69) is 4.99 Å². The third-order valence-corrected chi connectivity index (χ3v) is 5.31. The Hall–Kier alpha value is -2.73. The van der Waals surface area contributed by atoms with Crippen LogP contribution < -0.4 is 4.80 Å². The fourth-order valence-corrected chi connectivity index (χ4v) is 3.93. The van der Waals surface area contributed by atoms with Gasteiger partial charge in [-0.15, -0.1) is 0 Å². The monoisotopic (exact) mass is 382 g/mol. The minimum absolute atomic E-state index is 0.236. The molecular weight excluding hydrogens is 360 g/mol. The highest BCUT2D eigenvalue weighted by Crippen LogP contribution is 2.18. The third-order valence-electron chi connectivity index (χ3n) is 4.25. The maximum atomic E-state index is 12.8. The van der Waals surface area contributed by atoms with Crippen molar-refractivity contribution >= 4 is 33.4 Å². The number of aromatic nitrogens is 1. The molecule has 2 aromatic carbocycles. The van der Waals surface area contributed by atoms with Crippen molar-refractivity contribution in [3.8, 4) is 0 Å². The van der Waals surface area contributed by atoms with E-state index in [9.17, 15) is 9.59 Å². The zero-order chi connectivity index (χ0) is 19.4. The van der Waals surface area contributed by atoms with Crippen LogP contribution in [0, 0.1) is 13.8 Å². The van der Waals surface area contributed by atoms with Crippen molar-refractivity contribution in [2.24, 2.45) is 4.99 Å². The first-order valence-corrected chi connectivity index (χ1v) is 9.71. The summed E-state index contributed by atoms with van der Waals surface area (Å²) in [7, 11) is 0. The Bertz CT molecular complexity index is 1060. The molecule has 27 heavy (non-hydrogen) atoms. The van der Waals surface area contributed by atoms with Gasteiger partial charge in [0.15, 0.2) is 4.80 Å². The lowest BCUT2D eigenvalue weighted by molar-refractivity contribution is -0.143. The van der Waals surface area contributed by atoms with Crippen LogP contribution in [0.2, 0.25) is 0 Å². The van der Waals surface area contributed by atoms with Gasteiger partial charge in [0, 0.05) is 12.1 Å². The van der Waals surface area contributed by atoms with E-state index < -0.39 is 0 Å². The van der Waals surface area contributed by atoms with Gasteiger partial charge in [0.2, 0.25) is 0 Å². The Morgan fingerprint density at radius 1 is 1.15 bits per heavy atom. The van der Waals surface area contributed by atoms with E-state index in [4.69, 9.17) is 4.74 Å². The Balaban J connectivity index is 2.03. The van der Waals surface area contributed by atoms with Gasteiger partial charge in [-0.05, 0) is 44.5 Å². The summed E-state index contributed by atoms with van der Waals surface area (Å²) in [4.78, 5) is 29.5. The normalized spacial score (nSPS) is 11.7. The fourth-order valence-electron chi connectivity index (χ4n) is 2.87. The Labute approximate surface area is 161 Å². The predicted molar refractivity (Wildman–Crippen MR) is 107 cm³/mol. The second-order valence-corrected chi connectivity index (χ2v) is 7.30. The average molecular weight is 382 g/mol. The molecule has 0 N–H and O–H groups in total. The van der Waals surface area contributed by atoms with E-state index in [1.807, 2.05) is 60.9 Å². The van der Waals surface area contributed by atoms with Crippen molar-refractivity contribution in [1.82, 2.24) is 4.57 Å². The van der Waals surface area contributed by atoms with Gasteiger partial charge in [-0.25, -0.2) is 0 Å². The molecule has 0 aliphatic heterocycles. The van der Waals surface area contributed by atoms with Crippen molar-refractivity contribution in [3.05, 3.63) is 64.0 Å². The first-order valence-electron chi connectivity index (χ1n) is 8.90. The molecule has 1 aromatic heterocycles. The first-order chi connectivity index (χ1) is 13.0. The summed E-state index contributed by atoms with van der Waals surface area (Å²) in [6.07, 6.45) is 0.236. The van der Waals surface area contributed by atoms with Crippen LogP contribution in [0.1, 0.15) is 34.8 Å². The largest absolute Gasteiger partial charge is 0.466 e. The molecular formula is C21H22N2O3S. The van der Waals surface area contributed by atoms with Crippen LogP contribution in [-0.4, -0.2) is 23.1 Å². The number of para-hydroxylation sites is 1. The number of nitrogens with zero attached hydrogens (tertiary/aromatic N) is 2. The van der Waals surface area contributed by atoms with E-state index in [-0.39, 0.29) is 18.3 Å². The summed E-state index contributed by atoms with van der Waals surface area (Å²) in [6, 6.07) is 13.6. The maximum absolute atomic E-state index is 12.8. The number of carbonyl (C=O) groups is 2. The van der Waals surface area contributed by atoms with E-state index in [0.717, 1.165) is 21.3 Å². The van der Waals surface area contributed by atoms with Crippen molar-refractivity contribution < 1.29 is 14.3 Å². The molecule has 0 aliphatic rings. The molecule has 1 amide bonds. The highest BCUT2D eigenvalue weighted by molar-refractivity contribution is 7.16. The van der Waals surface area contributed by atoms with Gasteiger partial charge in [0.25, 0.3) is 5.91 Å². The van der Waals surface area contributed by atoms with E-state index in [1.165, 1.54) is 11.3 Å². The Morgan fingerprint density at radius 2 is 1.93 bits per heavy atom. The fraction of sp³-hybridized carbons (Fsp3) is 0.286. The van der Waals surface area contributed by atoms with Crippen LogP contribution in [0.15, 0.2) is 47.5 Å². The zero-order valence-corrected chi connectivity index (χ0v) is 16.5. The number of fused-ring (bicyclic) bond motifs is 1. The van der Waals surface area contributed by atoms with Crippen LogP contribution in [0.5, 0.6) is 0 Å². The Kier molecular flexibility index (Phi) is 5.86. The molecule has 3 rings (SSSR count). The lowest BCUT2D eigenvalue weighted by atomic mass is 10.1. The lowest BCUT2D eigenvalue weighted by Crippen LogP contribution is -2.19. The number of esters is 1. The molecule has 3 aromatic rings. The quantitative estimate of drug-likeness (QED) is 0.626. The molecule has 0 atom stereocenters. The number of hydrogen-bond donors (Lipinski definition) is 0. The molecule has 140 valence electrons. The number of benzene rings is 2. The van der Waals surface area contributed by atoms with Gasteiger partial charge < -0.3 is 9.30 Å². The average Bonchev–Trinajstić information content (AvgIpc) is 2.99. The first kappa shape index (κ1) is 19.0. The minimum atomic E-state index is -0.271. The number of carbonyl (C=O) groups excluding carboxylic acids is 2. The third kappa shape index (κ3) is 4.34. The Morgan fingerprint density at radius 3 is 2.70 bits per heavy atom. The number of hydrogen-bond acceptors (Lipinski definition) is 4. The molecule has 0 unspecified atom stereocenters. The maximum Gasteiger partial charge on any atom is 0.307 e. The SMILES string of the molecule is CCOC(=O)CCn1c(=NC(=O)c2cc(C)ccc2C)sc2ccccc21. The molecule has 0 radical (unpaired) electrons. The summed E-state index contributed by atoms with van der Waals surface area (Å²) in [5, 5.41) is 0. The molecule has 0 aliphatic carbocycles. The van der Waals surface area contributed by atoms with Crippen LogP contribution in [-0.2, 0) is 16.1 Å². The molecule has 5 nitrogen and oxygen atoms in total. The van der Waals surface area contributed by atoms with Crippen molar-refractivity contribution in [2.75, 3.05) is 6.61 Å². The number of rotatable bonds is 5. The van der Waals surface area contributed by atoms with Crippen LogP contribution in [0.4, 0.5) is 0 Å². The molecule has 6 heteroatoms. The van der Waals surface area contributed by atoms with Gasteiger partial charge in [-0.3, -0.25) is 9.59 Å². The second-order valence-electron chi connectivity index (χ2n) is 6.29. The molecule has 0 bridgehead atoms. The van der Waals surface area contributed by atoms with E-state index in [1.54, 1.807) is 6.92 Å². The highest BCUT2D eigenvalue weighted by Gasteiger charge is 2.12. The molecule has 0 spiro atoms. The molecule has 1 heterocycles. The molecule has 0 saturated heterocycles. The molecule has 0 saturated carbocycles. The van der Waals surface area contributed by atoms with Crippen molar-refractivity contribution in [1.29, 1.82) is 0 Å². The van der Waals surface area contributed by atoms with E-state index in [0.29, 0.717) is 23.5 Å². The number of amides is 1.